The summed E-state index contributed by atoms with van der Waals surface area (Å²) in [6.45, 7) is 1.93. The van der Waals surface area contributed by atoms with Gasteiger partial charge < -0.3 is 15.5 Å². The molecule has 0 aliphatic heterocycles. The quantitative estimate of drug-likeness (QED) is 0.471. The minimum absolute atomic E-state index is 0.0616. The molecule has 2 rings (SSSR count). The summed E-state index contributed by atoms with van der Waals surface area (Å²) in [4.78, 5) is 13.0. The first-order valence-corrected chi connectivity index (χ1v) is 7.94. The second-order valence-electron chi connectivity index (χ2n) is 4.57. The van der Waals surface area contributed by atoms with Crippen molar-refractivity contribution in [3.63, 3.8) is 0 Å². The van der Waals surface area contributed by atoms with Crippen molar-refractivity contribution in [2.45, 2.75) is 24.7 Å². The molecule has 4 nitrogen and oxygen atoms in total. The first kappa shape index (κ1) is 15.8. The molecule has 0 fully saturated rings. The summed E-state index contributed by atoms with van der Waals surface area (Å²) < 4.78 is 5.22. The monoisotopic (exact) mass is 324 g/mol. The summed E-state index contributed by atoms with van der Waals surface area (Å²) in [5, 5.41) is 3.33. The number of amides is 1. The van der Waals surface area contributed by atoms with Crippen LogP contribution in [0.1, 0.15) is 18.6 Å². The Kier molecular flexibility index (Phi) is 5.59. The van der Waals surface area contributed by atoms with Crippen molar-refractivity contribution in [2.75, 3.05) is 16.8 Å². The lowest BCUT2D eigenvalue weighted by Gasteiger charge is -2.08. The first-order chi connectivity index (χ1) is 10.1. The summed E-state index contributed by atoms with van der Waals surface area (Å²) in [6.07, 6.45) is 2.89. The molecule has 0 saturated carbocycles. The molecule has 1 amide bonds. The van der Waals surface area contributed by atoms with Crippen molar-refractivity contribution in [1.29, 1.82) is 0 Å². The molecule has 1 aromatic heterocycles. The normalized spacial score (nSPS) is 10.6. The Morgan fingerprint density at radius 1 is 1.43 bits per heavy atom. The number of aryl methyl sites for hydroxylation is 1. The standard InChI is InChI=1S/C15H17ClN2O2S/c1-10-14(6-7-20-10)21-8-2-3-15(19)18-13-9-11(16)4-5-12(13)17/h4-7,9H,2-3,8,17H2,1H3,(H,18,19). The number of benzene rings is 1. The molecular formula is C15H17ClN2O2S. The molecule has 0 spiro atoms. The molecule has 1 aromatic carbocycles. The van der Waals surface area contributed by atoms with Crippen LogP contribution in [-0.4, -0.2) is 11.7 Å². The zero-order chi connectivity index (χ0) is 15.2. The van der Waals surface area contributed by atoms with Crippen molar-refractivity contribution >= 4 is 40.6 Å². The molecule has 0 saturated heterocycles. The maximum Gasteiger partial charge on any atom is 0.224 e. The van der Waals surface area contributed by atoms with E-state index in [-0.39, 0.29) is 5.91 Å². The van der Waals surface area contributed by atoms with Crippen LogP contribution in [0.25, 0.3) is 0 Å². The highest BCUT2D eigenvalue weighted by Crippen LogP contribution is 2.25. The molecular weight excluding hydrogens is 308 g/mol. The highest BCUT2D eigenvalue weighted by atomic mass is 35.5. The molecule has 1 heterocycles. The van der Waals surface area contributed by atoms with Crippen molar-refractivity contribution < 1.29 is 9.21 Å². The van der Waals surface area contributed by atoms with E-state index >= 15 is 0 Å². The molecule has 2 aromatic rings. The van der Waals surface area contributed by atoms with Gasteiger partial charge in [0.1, 0.15) is 5.76 Å². The fourth-order valence-corrected chi connectivity index (χ4v) is 2.87. The van der Waals surface area contributed by atoms with E-state index in [9.17, 15) is 4.79 Å². The zero-order valence-electron chi connectivity index (χ0n) is 11.7. The van der Waals surface area contributed by atoms with Gasteiger partial charge in [0.15, 0.2) is 0 Å². The van der Waals surface area contributed by atoms with E-state index in [0.29, 0.717) is 22.8 Å². The van der Waals surface area contributed by atoms with Gasteiger partial charge in [-0.15, -0.1) is 11.8 Å². The number of hydrogen-bond donors (Lipinski definition) is 2. The van der Waals surface area contributed by atoms with Gasteiger partial charge in [0.2, 0.25) is 5.91 Å². The van der Waals surface area contributed by atoms with Crippen molar-refractivity contribution in [3.8, 4) is 0 Å². The van der Waals surface area contributed by atoms with Crippen molar-refractivity contribution in [1.82, 2.24) is 0 Å². The molecule has 0 radical (unpaired) electrons. The van der Waals surface area contributed by atoms with E-state index in [1.54, 1.807) is 36.2 Å². The molecule has 21 heavy (non-hydrogen) atoms. The Hall–Kier alpha value is -1.59. The van der Waals surface area contributed by atoms with Crippen LogP contribution in [0.5, 0.6) is 0 Å². The number of halogens is 1. The molecule has 0 atom stereocenters. The molecule has 0 bridgehead atoms. The predicted molar refractivity (Wildman–Crippen MR) is 87.9 cm³/mol. The van der Waals surface area contributed by atoms with Gasteiger partial charge in [-0.2, -0.15) is 0 Å². The number of carbonyl (C=O) groups excluding carboxylic acids is 1. The Morgan fingerprint density at radius 2 is 2.24 bits per heavy atom. The minimum Gasteiger partial charge on any atom is -0.468 e. The first-order valence-electron chi connectivity index (χ1n) is 6.58. The van der Waals surface area contributed by atoms with E-state index in [4.69, 9.17) is 21.8 Å². The zero-order valence-corrected chi connectivity index (χ0v) is 13.3. The third-order valence-corrected chi connectivity index (χ3v) is 4.37. The number of nitrogen functional groups attached to an aromatic ring is 1. The third kappa shape index (κ3) is 4.72. The molecule has 3 N–H and O–H groups in total. The van der Waals surface area contributed by atoms with Crippen molar-refractivity contribution in [3.05, 3.63) is 41.3 Å². The van der Waals surface area contributed by atoms with Crippen LogP contribution in [0.2, 0.25) is 5.02 Å². The maximum absolute atomic E-state index is 11.9. The number of rotatable bonds is 6. The van der Waals surface area contributed by atoms with Crippen LogP contribution in [0, 0.1) is 6.92 Å². The molecule has 6 heteroatoms. The average molecular weight is 325 g/mol. The van der Waals surface area contributed by atoms with Gasteiger partial charge in [-0.05, 0) is 43.4 Å². The van der Waals surface area contributed by atoms with Gasteiger partial charge in [0, 0.05) is 16.3 Å². The highest BCUT2D eigenvalue weighted by Gasteiger charge is 2.07. The van der Waals surface area contributed by atoms with Gasteiger partial charge in [0.05, 0.1) is 17.6 Å². The van der Waals surface area contributed by atoms with E-state index < -0.39 is 0 Å². The highest BCUT2D eigenvalue weighted by molar-refractivity contribution is 7.99. The van der Waals surface area contributed by atoms with Gasteiger partial charge in [-0.3, -0.25) is 4.79 Å². The summed E-state index contributed by atoms with van der Waals surface area (Å²) >= 11 is 7.57. The summed E-state index contributed by atoms with van der Waals surface area (Å²) in [7, 11) is 0. The Balaban J connectivity index is 1.75. The smallest absolute Gasteiger partial charge is 0.224 e. The maximum atomic E-state index is 11.9. The number of furan rings is 1. The van der Waals surface area contributed by atoms with Gasteiger partial charge in [-0.25, -0.2) is 0 Å². The van der Waals surface area contributed by atoms with Crippen LogP contribution in [-0.2, 0) is 4.79 Å². The Morgan fingerprint density at radius 3 is 2.95 bits per heavy atom. The van der Waals surface area contributed by atoms with E-state index in [1.165, 1.54) is 0 Å². The number of thioether (sulfide) groups is 1. The van der Waals surface area contributed by atoms with Crippen LogP contribution < -0.4 is 11.1 Å². The number of anilines is 2. The van der Waals surface area contributed by atoms with E-state index in [0.717, 1.165) is 22.8 Å². The fraction of sp³-hybridized carbons (Fsp3) is 0.267. The largest absolute Gasteiger partial charge is 0.468 e. The van der Waals surface area contributed by atoms with Gasteiger partial charge in [-0.1, -0.05) is 11.6 Å². The number of nitrogens with one attached hydrogen (secondary N) is 1. The SMILES string of the molecule is Cc1occc1SCCCC(=O)Nc1cc(Cl)ccc1N. The molecule has 0 unspecified atom stereocenters. The lowest BCUT2D eigenvalue weighted by Crippen LogP contribution is -2.12. The van der Waals surface area contributed by atoms with Gasteiger partial charge >= 0.3 is 0 Å². The minimum atomic E-state index is -0.0616. The van der Waals surface area contributed by atoms with Crippen LogP contribution in [0.3, 0.4) is 0 Å². The van der Waals surface area contributed by atoms with Crippen LogP contribution in [0.15, 0.2) is 39.8 Å². The summed E-state index contributed by atoms with van der Waals surface area (Å²) in [5.74, 6) is 1.71. The van der Waals surface area contributed by atoms with Gasteiger partial charge in [0.25, 0.3) is 0 Å². The fourth-order valence-electron chi connectivity index (χ4n) is 1.79. The molecule has 0 aliphatic rings. The second-order valence-corrected chi connectivity index (χ2v) is 6.15. The van der Waals surface area contributed by atoms with E-state index in [2.05, 4.69) is 5.32 Å². The lowest BCUT2D eigenvalue weighted by atomic mass is 10.2. The summed E-state index contributed by atoms with van der Waals surface area (Å²) in [6, 6.07) is 6.96. The Bertz CT molecular complexity index is 628. The lowest BCUT2D eigenvalue weighted by molar-refractivity contribution is -0.116. The van der Waals surface area contributed by atoms with Crippen LogP contribution in [0.4, 0.5) is 11.4 Å². The number of nitrogens with two attached hydrogens (primary N) is 1. The second kappa shape index (κ2) is 7.43. The molecule has 0 aliphatic carbocycles. The van der Waals surface area contributed by atoms with Crippen molar-refractivity contribution in [2.24, 2.45) is 0 Å². The van der Waals surface area contributed by atoms with Crippen LogP contribution >= 0.6 is 23.4 Å². The average Bonchev–Trinajstić information content (AvgIpc) is 2.84. The number of hydrogen-bond acceptors (Lipinski definition) is 4. The molecule has 112 valence electrons. The Labute approximate surface area is 133 Å². The predicted octanol–water partition coefficient (Wildman–Crippen LogP) is 4.33. The summed E-state index contributed by atoms with van der Waals surface area (Å²) in [5.41, 5.74) is 6.86. The number of carbonyl (C=O) groups is 1. The third-order valence-electron chi connectivity index (χ3n) is 2.91. The van der Waals surface area contributed by atoms with E-state index in [1.807, 2.05) is 13.0 Å². The topological polar surface area (TPSA) is 68.3 Å².